The van der Waals surface area contributed by atoms with Gasteiger partial charge in [-0.05, 0) is 60.9 Å². The SMILES string of the molecule is Cc1ccc(C(C)C)c(OCC(=O)Nc2ccccc2C(=O)N2CCC(C)CC2)c1. The Bertz CT molecular complexity index is 899. The van der Waals surface area contributed by atoms with Crippen LogP contribution in [0, 0.1) is 12.8 Å². The van der Waals surface area contributed by atoms with E-state index in [9.17, 15) is 9.59 Å². The van der Waals surface area contributed by atoms with Gasteiger partial charge in [0, 0.05) is 13.1 Å². The second-order valence-corrected chi connectivity index (χ2v) is 8.55. The fraction of sp³-hybridized carbons (Fsp3) is 0.440. The number of nitrogens with zero attached hydrogens (tertiary/aromatic N) is 1. The molecule has 1 fully saturated rings. The number of piperidine rings is 1. The molecule has 0 aliphatic carbocycles. The second kappa shape index (κ2) is 9.79. The van der Waals surface area contributed by atoms with Crippen LogP contribution in [-0.4, -0.2) is 36.4 Å². The van der Waals surface area contributed by atoms with Gasteiger partial charge in [0.05, 0.1) is 11.3 Å². The van der Waals surface area contributed by atoms with Crippen LogP contribution in [0.15, 0.2) is 42.5 Å². The van der Waals surface area contributed by atoms with Gasteiger partial charge in [0.2, 0.25) is 0 Å². The molecule has 0 saturated carbocycles. The summed E-state index contributed by atoms with van der Waals surface area (Å²) in [7, 11) is 0. The summed E-state index contributed by atoms with van der Waals surface area (Å²) < 4.78 is 5.83. The normalized spacial score (nSPS) is 14.6. The third kappa shape index (κ3) is 5.41. The molecule has 0 spiro atoms. The molecule has 3 rings (SSSR count). The highest BCUT2D eigenvalue weighted by atomic mass is 16.5. The van der Waals surface area contributed by atoms with Crippen LogP contribution >= 0.6 is 0 Å². The molecule has 5 nitrogen and oxygen atoms in total. The summed E-state index contributed by atoms with van der Waals surface area (Å²) in [6, 6.07) is 13.2. The molecule has 2 aromatic carbocycles. The maximum Gasteiger partial charge on any atom is 0.262 e. The molecule has 0 aromatic heterocycles. The fourth-order valence-corrected chi connectivity index (χ4v) is 3.73. The zero-order chi connectivity index (χ0) is 21.7. The molecule has 1 saturated heterocycles. The van der Waals surface area contributed by atoms with Crippen LogP contribution < -0.4 is 10.1 Å². The number of rotatable bonds is 6. The number of carbonyl (C=O) groups is 2. The number of ether oxygens (including phenoxy) is 1. The Hall–Kier alpha value is -2.82. The standard InChI is InChI=1S/C25H32N2O3/c1-17(2)20-10-9-19(4)15-23(20)30-16-24(28)26-22-8-6-5-7-21(22)25(29)27-13-11-18(3)12-14-27/h5-10,15,17-18H,11-14,16H2,1-4H3,(H,26,28). The number of aryl methyl sites for hydroxylation is 1. The molecule has 160 valence electrons. The second-order valence-electron chi connectivity index (χ2n) is 8.55. The summed E-state index contributed by atoms with van der Waals surface area (Å²) in [6.07, 6.45) is 2.03. The fourth-order valence-electron chi connectivity index (χ4n) is 3.73. The van der Waals surface area contributed by atoms with E-state index in [1.807, 2.05) is 42.2 Å². The molecule has 0 atom stereocenters. The van der Waals surface area contributed by atoms with Crippen LogP contribution in [0.2, 0.25) is 0 Å². The predicted octanol–water partition coefficient (Wildman–Crippen LogP) is 5.01. The Labute approximate surface area is 179 Å². The van der Waals surface area contributed by atoms with E-state index < -0.39 is 0 Å². The molecule has 2 amide bonds. The average molecular weight is 409 g/mol. The average Bonchev–Trinajstić information content (AvgIpc) is 2.72. The summed E-state index contributed by atoms with van der Waals surface area (Å²) in [5.74, 6) is 1.37. The smallest absolute Gasteiger partial charge is 0.262 e. The van der Waals surface area contributed by atoms with Crippen molar-refractivity contribution in [2.24, 2.45) is 5.92 Å². The minimum absolute atomic E-state index is 0.0282. The summed E-state index contributed by atoms with van der Waals surface area (Å²) in [5.41, 5.74) is 3.21. The predicted molar refractivity (Wildman–Crippen MR) is 120 cm³/mol. The van der Waals surface area contributed by atoms with Crippen molar-refractivity contribution < 1.29 is 14.3 Å². The highest BCUT2D eigenvalue weighted by molar-refractivity contribution is 6.04. The van der Waals surface area contributed by atoms with E-state index in [-0.39, 0.29) is 18.4 Å². The summed E-state index contributed by atoms with van der Waals surface area (Å²) >= 11 is 0. The lowest BCUT2D eigenvalue weighted by atomic mass is 9.98. The third-order valence-corrected chi connectivity index (χ3v) is 5.65. The highest BCUT2D eigenvalue weighted by Crippen LogP contribution is 2.27. The van der Waals surface area contributed by atoms with Crippen molar-refractivity contribution in [2.45, 2.75) is 46.5 Å². The third-order valence-electron chi connectivity index (χ3n) is 5.65. The van der Waals surface area contributed by atoms with Crippen LogP contribution in [0.25, 0.3) is 0 Å². The highest BCUT2D eigenvalue weighted by Gasteiger charge is 2.23. The first-order chi connectivity index (χ1) is 14.3. The Kier molecular flexibility index (Phi) is 7.14. The largest absolute Gasteiger partial charge is 0.483 e. The van der Waals surface area contributed by atoms with Crippen molar-refractivity contribution >= 4 is 17.5 Å². The van der Waals surface area contributed by atoms with Crippen LogP contribution in [0.3, 0.4) is 0 Å². The molecule has 0 radical (unpaired) electrons. The zero-order valence-electron chi connectivity index (χ0n) is 18.4. The van der Waals surface area contributed by atoms with Gasteiger partial charge in [-0.2, -0.15) is 0 Å². The lowest BCUT2D eigenvalue weighted by Gasteiger charge is -2.30. The van der Waals surface area contributed by atoms with Gasteiger partial charge >= 0.3 is 0 Å². The number of benzene rings is 2. The first-order valence-corrected chi connectivity index (χ1v) is 10.8. The number of para-hydroxylation sites is 1. The van der Waals surface area contributed by atoms with Crippen molar-refractivity contribution in [3.05, 3.63) is 59.2 Å². The maximum atomic E-state index is 13.0. The van der Waals surface area contributed by atoms with Gasteiger partial charge < -0.3 is 15.0 Å². The molecule has 0 unspecified atom stereocenters. The minimum atomic E-state index is -0.279. The number of likely N-dealkylation sites (tertiary alicyclic amines) is 1. The lowest BCUT2D eigenvalue weighted by Crippen LogP contribution is -2.38. The van der Waals surface area contributed by atoms with E-state index >= 15 is 0 Å². The minimum Gasteiger partial charge on any atom is -0.483 e. The molecule has 2 aromatic rings. The Balaban J connectivity index is 1.67. The molecular formula is C25H32N2O3. The van der Waals surface area contributed by atoms with Crippen LogP contribution in [0.5, 0.6) is 5.75 Å². The molecule has 1 heterocycles. The molecule has 1 aliphatic rings. The first-order valence-electron chi connectivity index (χ1n) is 10.8. The number of hydrogen-bond acceptors (Lipinski definition) is 3. The Morgan fingerprint density at radius 3 is 2.53 bits per heavy atom. The van der Waals surface area contributed by atoms with Crippen molar-refractivity contribution in [1.82, 2.24) is 4.90 Å². The molecule has 1 aliphatic heterocycles. The number of nitrogens with one attached hydrogen (secondary N) is 1. The molecule has 0 bridgehead atoms. The number of hydrogen-bond donors (Lipinski definition) is 1. The molecule has 30 heavy (non-hydrogen) atoms. The van der Waals surface area contributed by atoms with Gasteiger partial charge in [-0.3, -0.25) is 9.59 Å². The zero-order valence-corrected chi connectivity index (χ0v) is 18.4. The summed E-state index contributed by atoms with van der Waals surface area (Å²) in [6.45, 7) is 9.83. The molecular weight excluding hydrogens is 376 g/mol. The van der Waals surface area contributed by atoms with Crippen molar-refractivity contribution in [3.8, 4) is 5.75 Å². The topological polar surface area (TPSA) is 58.6 Å². The number of carbonyl (C=O) groups excluding carboxylic acids is 2. The van der Waals surface area contributed by atoms with Crippen molar-refractivity contribution in [3.63, 3.8) is 0 Å². The van der Waals surface area contributed by atoms with Crippen molar-refractivity contribution in [2.75, 3.05) is 25.0 Å². The lowest BCUT2D eigenvalue weighted by molar-refractivity contribution is -0.118. The Morgan fingerprint density at radius 1 is 1.13 bits per heavy atom. The van der Waals surface area contributed by atoms with Gasteiger partial charge in [-0.15, -0.1) is 0 Å². The van der Waals surface area contributed by atoms with Gasteiger partial charge in [0.15, 0.2) is 6.61 Å². The van der Waals surface area contributed by atoms with E-state index in [0.29, 0.717) is 23.1 Å². The van der Waals surface area contributed by atoms with Gasteiger partial charge in [-0.1, -0.05) is 45.0 Å². The summed E-state index contributed by atoms with van der Waals surface area (Å²) in [4.78, 5) is 27.5. The van der Waals surface area contributed by atoms with Crippen molar-refractivity contribution in [1.29, 1.82) is 0 Å². The van der Waals surface area contributed by atoms with Gasteiger partial charge in [0.25, 0.3) is 11.8 Å². The van der Waals surface area contributed by atoms with Crippen LogP contribution in [0.1, 0.15) is 61.0 Å². The van der Waals surface area contributed by atoms with E-state index in [0.717, 1.165) is 42.8 Å². The first kappa shape index (κ1) is 21.9. The maximum absolute atomic E-state index is 13.0. The number of anilines is 1. The van der Waals surface area contributed by atoms with E-state index in [4.69, 9.17) is 4.74 Å². The van der Waals surface area contributed by atoms with Gasteiger partial charge in [0.1, 0.15) is 5.75 Å². The molecule has 5 heteroatoms. The number of amides is 2. The van der Waals surface area contributed by atoms with E-state index in [1.54, 1.807) is 12.1 Å². The van der Waals surface area contributed by atoms with Gasteiger partial charge in [-0.25, -0.2) is 0 Å². The quantitative estimate of drug-likeness (QED) is 0.731. The molecule has 1 N–H and O–H groups in total. The Morgan fingerprint density at radius 2 is 1.83 bits per heavy atom. The van der Waals surface area contributed by atoms with Crippen LogP contribution in [-0.2, 0) is 4.79 Å². The van der Waals surface area contributed by atoms with Crippen LogP contribution in [0.4, 0.5) is 5.69 Å². The van der Waals surface area contributed by atoms with E-state index in [2.05, 4.69) is 26.1 Å². The van der Waals surface area contributed by atoms with E-state index in [1.165, 1.54) is 0 Å². The summed E-state index contributed by atoms with van der Waals surface area (Å²) in [5, 5.41) is 2.86. The monoisotopic (exact) mass is 408 g/mol.